The summed E-state index contributed by atoms with van der Waals surface area (Å²) in [6, 6.07) is 4.39. The Labute approximate surface area is 80.0 Å². The maximum atomic E-state index is 11.9. The number of rotatable bonds is 0. The van der Waals surface area contributed by atoms with Gasteiger partial charge in [-0.15, -0.1) is 0 Å². The van der Waals surface area contributed by atoms with E-state index in [0.717, 1.165) is 12.1 Å². The quantitative estimate of drug-likeness (QED) is 0.675. The summed E-state index contributed by atoms with van der Waals surface area (Å²) in [6.45, 7) is 0. The van der Waals surface area contributed by atoms with Crippen molar-refractivity contribution in [2.45, 2.75) is 6.18 Å². The molecule has 1 aromatic carbocycles. The smallest absolute Gasteiger partial charge is 0.419 e. The molecule has 0 saturated heterocycles. The summed E-state index contributed by atoms with van der Waals surface area (Å²) in [5.41, 5.74) is -1.000. The molecule has 0 aromatic heterocycles. The number of benzene rings is 1. The average Bonchev–Trinajstić information content (AvgIpc) is 1.86. The normalized spacial score (nSPS) is 10.6. The second kappa shape index (κ2) is 3.90. The minimum absolute atomic E-state index is 0. The second-order valence-corrected chi connectivity index (χ2v) is 2.01. The Balaban J connectivity index is 0.00000121. The zero-order valence-corrected chi connectivity index (χ0v) is 9.06. The topological polar surface area (TPSA) is 20.2 Å². The first-order chi connectivity index (χ1) is 5.02. The van der Waals surface area contributed by atoms with Crippen LogP contribution in [-0.2, 0) is 25.7 Å². The van der Waals surface area contributed by atoms with Crippen molar-refractivity contribution >= 4 is 0 Å². The van der Waals surface area contributed by atoms with E-state index in [9.17, 15) is 13.2 Å². The fraction of sp³-hybridized carbons (Fsp3) is 0.143. The van der Waals surface area contributed by atoms with E-state index >= 15 is 0 Å². The first-order valence-corrected chi connectivity index (χ1v) is 2.87. The molecule has 0 saturated carbocycles. The van der Waals surface area contributed by atoms with Crippen LogP contribution in [0.25, 0.3) is 0 Å². The Kier molecular flexibility index (Phi) is 3.71. The van der Waals surface area contributed by atoms with Gasteiger partial charge < -0.3 is 5.11 Å². The zero-order valence-electron chi connectivity index (χ0n) is 6.10. The van der Waals surface area contributed by atoms with Crippen molar-refractivity contribution in [3.63, 3.8) is 0 Å². The number of aromatic hydroxyl groups is 1. The van der Waals surface area contributed by atoms with Crippen molar-refractivity contribution in [1.82, 2.24) is 0 Å². The molecule has 5 heteroatoms. The summed E-state index contributed by atoms with van der Waals surface area (Å²) in [6.07, 6.45) is -4.47. The summed E-state index contributed by atoms with van der Waals surface area (Å²) in [5.74, 6) is -0.736. The molecule has 0 bridgehead atoms. The van der Waals surface area contributed by atoms with Crippen LogP contribution >= 0.6 is 0 Å². The van der Waals surface area contributed by atoms with Crippen LogP contribution in [0.15, 0.2) is 24.3 Å². The number of halogens is 3. The molecule has 1 N–H and O–H groups in total. The minimum atomic E-state index is -4.47. The van der Waals surface area contributed by atoms with E-state index in [1.807, 2.05) is 0 Å². The molecule has 0 heterocycles. The second-order valence-electron chi connectivity index (χ2n) is 2.01. The Hall–Kier alpha value is -0.567. The van der Waals surface area contributed by atoms with E-state index in [0.29, 0.717) is 0 Å². The van der Waals surface area contributed by atoms with E-state index in [4.69, 9.17) is 5.11 Å². The van der Waals surface area contributed by atoms with E-state index in [1.54, 1.807) is 0 Å². The minimum Gasteiger partial charge on any atom is -0.507 e. The fourth-order valence-electron chi connectivity index (χ4n) is 0.713. The van der Waals surface area contributed by atoms with Crippen LogP contribution in [0, 0.1) is 0 Å². The van der Waals surface area contributed by atoms with Gasteiger partial charge in [0.2, 0.25) is 0 Å². The summed E-state index contributed by atoms with van der Waals surface area (Å²) in [7, 11) is 0. The molecule has 0 fully saturated rings. The summed E-state index contributed by atoms with van der Waals surface area (Å²) < 4.78 is 35.7. The molecule has 0 atom stereocenters. The molecule has 0 aliphatic heterocycles. The first kappa shape index (κ1) is 11.4. The Morgan fingerprint density at radius 1 is 1.08 bits per heavy atom. The van der Waals surface area contributed by atoms with Gasteiger partial charge in [0.25, 0.3) is 0 Å². The summed E-state index contributed by atoms with van der Waals surface area (Å²) in [4.78, 5) is 0. The molecule has 0 amide bonds. The van der Waals surface area contributed by atoms with Gasteiger partial charge in [0, 0.05) is 19.5 Å². The van der Waals surface area contributed by atoms with Gasteiger partial charge in [-0.1, -0.05) is 12.1 Å². The molecule has 0 aliphatic carbocycles. The van der Waals surface area contributed by atoms with Crippen molar-refractivity contribution < 1.29 is 37.8 Å². The van der Waals surface area contributed by atoms with Crippen LogP contribution in [0.2, 0.25) is 0 Å². The van der Waals surface area contributed by atoms with Gasteiger partial charge in [-0.05, 0) is 12.1 Å². The maximum Gasteiger partial charge on any atom is 0.419 e. The van der Waals surface area contributed by atoms with E-state index in [1.165, 1.54) is 12.1 Å². The van der Waals surface area contributed by atoms with Crippen LogP contribution in [0.4, 0.5) is 13.2 Å². The molecule has 0 spiro atoms. The summed E-state index contributed by atoms with van der Waals surface area (Å²) in [5, 5.41) is 8.73. The third-order valence-electron chi connectivity index (χ3n) is 1.21. The molecule has 1 nitrogen and oxygen atoms in total. The third-order valence-corrected chi connectivity index (χ3v) is 1.21. The van der Waals surface area contributed by atoms with Crippen LogP contribution in [0.5, 0.6) is 5.75 Å². The maximum absolute atomic E-state index is 11.9. The van der Waals surface area contributed by atoms with E-state index in [2.05, 4.69) is 0 Å². The van der Waals surface area contributed by atoms with Gasteiger partial charge >= 0.3 is 6.18 Å². The van der Waals surface area contributed by atoms with Crippen molar-refractivity contribution in [1.29, 1.82) is 0 Å². The number of para-hydroxylation sites is 1. The Morgan fingerprint density at radius 2 is 1.58 bits per heavy atom. The van der Waals surface area contributed by atoms with Gasteiger partial charge in [0.05, 0.1) is 5.56 Å². The molecule has 12 heavy (non-hydrogen) atoms. The van der Waals surface area contributed by atoms with Crippen molar-refractivity contribution in [2.24, 2.45) is 0 Å². The number of hydrogen-bond acceptors (Lipinski definition) is 1. The first-order valence-electron chi connectivity index (χ1n) is 2.87. The van der Waals surface area contributed by atoms with Crippen molar-refractivity contribution in [3.8, 4) is 5.75 Å². The van der Waals surface area contributed by atoms with Crippen molar-refractivity contribution in [2.75, 3.05) is 0 Å². The molecule has 0 unspecified atom stereocenters. The van der Waals surface area contributed by atoms with Crippen molar-refractivity contribution in [3.05, 3.63) is 29.8 Å². The average molecular weight is 228 g/mol. The Morgan fingerprint density at radius 3 is 1.92 bits per heavy atom. The number of phenolic OH excluding ortho intramolecular Hbond substituents is 1. The monoisotopic (exact) mass is 226 g/mol. The standard InChI is InChI=1S/C7H5F3O.Zn/c8-7(9,10)5-3-1-2-4-6(5)11;/h1-4,11H;. The molecular weight excluding hydrogens is 222 g/mol. The van der Waals surface area contributed by atoms with Crippen LogP contribution in [0.3, 0.4) is 0 Å². The summed E-state index contributed by atoms with van der Waals surface area (Å²) >= 11 is 0. The fourth-order valence-corrected chi connectivity index (χ4v) is 0.713. The van der Waals surface area contributed by atoms with Gasteiger partial charge in [-0.2, -0.15) is 13.2 Å². The zero-order chi connectivity index (χ0) is 8.48. The largest absolute Gasteiger partial charge is 0.507 e. The molecule has 0 radical (unpaired) electrons. The van der Waals surface area contributed by atoms with Gasteiger partial charge in [-0.25, -0.2) is 0 Å². The number of hydrogen-bond donors (Lipinski definition) is 1. The molecule has 62 valence electrons. The van der Waals surface area contributed by atoms with E-state index < -0.39 is 17.5 Å². The molecule has 1 aromatic rings. The SMILES string of the molecule is Oc1ccccc1C(F)(F)F.[Zn]. The molecule has 0 aliphatic rings. The van der Waals surface area contributed by atoms with Crippen LogP contribution in [0.1, 0.15) is 5.56 Å². The predicted molar refractivity (Wildman–Crippen MR) is 33.1 cm³/mol. The molecular formula is C7H5F3OZn. The van der Waals surface area contributed by atoms with E-state index in [-0.39, 0.29) is 19.5 Å². The third kappa shape index (κ3) is 2.48. The number of alkyl halides is 3. The van der Waals surface area contributed by atoms with Gasteiger partial charge in [-0.3, -0.25) is 0 Å². The molecule has 1 rings (SSSR count). The number of phenols is 1. The van der Waals surface area contributed by atoms with Gasteiger partial charge in [0.15, 0.2) is 0 Å². The van der Waals surface area contributed by atoms with Crippen LogP contribution < -0.4 is 0 Å². The van der Waals surface area contributed by atoms with Gasteiger partial charge in [0.1, 0.15) is 5.75 Å². The predicted octanol–water partition coefficient (Wildman–Crippen LogP) is 2.41. The Bertz CT molecular complexity index is 259. The van der Waals surface area contributed by atoms with Crippen LogP contribution in [-0.4, -0.2) is 5.11 Å².